The Balaban J connectivity index is 1.42. The highest BCUT2D eigenvalue weighted by atomic mass is 32.2. The van der Waals surface area contributed by atoms with Crippen LogP contribution in [0.3, 0.4) is 0 Å². The number of hydrogen-bond donors (Lipinski definition) is 1. The molecule has 1 aromatic carbocycles. The first-order chi connectivity index (χ1) is 17.5. The van der Waals surface area contributed by atoms with E-state index in [9.17, 15) is 9.59 Å². The number of thioether (sulfide) groups is 1. The van der Waals surface area contributed by atoms with Crippen LogP contribution in [0, 0.1) is 6.92 Å². The number of aryl methyl sites for hydroxylation is 2. The average molecular weight is 529 g/mol. The van der Waals surface area contributed by atoms with E-state index in [-0.39, 0.29) is 17.6 Å². The van der Waals surface area contributed by atoms with Crippen molar-refractivity contribution in [2.75, 3.05) is 17.7 Å². The number of nitrogens with zero attached hydrogens (tertiary/aromatic N) is 3. The maximum atomic E-state index is 12.9. The van der Waals surface area contributed by atoms with Crippen LogP contribution < -0.4 is 10.1 Å². The molecule has 36 heavy (non-hydrogen) atoms. The summed E-state index contributed by atoms with van der Waals surface area (Å²) in [5.41, 5.74) is 2.63. The smallest absolute Gasteiger partial charge is 0.341 e. The molecular weight excluding hydrogens is 496 g/mol. The molecule has 192 valence electrons. The van der Waals surface area contributed by atoms with Gasteiger partial charge in [0.05, 0.1) is 17.9 Å². The Morgan fingerprint density at radius 3 is 2.72 bits per heavy atom. The third-order valence-corrected chi connectivity index (χ3v) is 8.22. The Kier molecular flexibility index (Phi) is 9.03. The predicted octanol–water partition coefficient (Wildman–Crippen LogP) is 5.42. The van der Waals surface area contributed by atoms with Crippen LogP contribution in [-0.4, -0.2) is 39.0 Å². The number of thiophene rings is 1. The minimum atomic E-state index is -0.358. The van der Waals surface area contributed by atoms with Crippen LogP contribution in [0.5, 0.6) is 5.75 Å². The average Bonchev–Trinajstić information content (AvgIpc) is 3.34. The third kappa shape index (κ3) is 6.10. The summed E-state index contributed by atoms with van der Waals surface area (Å²) in [6, 6.07) is 7.83. The quantitative estimate of drug-likeness (QED) is 0.213. The summed E-state index contributed by atoms with van der Waals surface area (Å²) in [4.78, 5) is 26.8. The second kappa shape index (κ2) is 12.4. The van der Waals surface area contributed by atoms with Gasteiger partial charge in [-0.05, 0) is 63.6 Å². The third-order valence-electron chi connectivity index (χ3n) is 6.05. The second-order valence-electron chi connectivity index (χ2n) is 8.52. The number of anilines is 1. The van der Waals surface area contributed by atoms with Crippen molar-refractivity contribution < 1.29 is 19.1 Å². The van der Waals surface area contributed by atoms with E-state index in [1.54, 1.807) is 6.92 Å². The number of benzene rings is 1. The number of rotatable bonds is 10. The summed E-state index contributed by atoms with van der Waals surface area (Å²) in [5, 5.41) is 12.8. The zero-order valence-corrected chi connectivity index (χ0v) is 22.6. The number of carbonyl (C=O) groups excluding carboxylic acids is 2. The predicted molar refractivity (Wildman–Crippen MR) is 142 cm³/mol. The van der Waals surface area contributed by atoms with Gasteiger partial charge in [-0.15, -0.1) is 21.5 Å². The van der Waals surface area contributed by atoms with Crippen LogP contribution in [0.25, 0.3) is 0 Å². The number of hydrogen-bond acceptors (Lipinski definition) is 8. The molecule has 1 amide bonds. The topological polar surface area (TPSA) is 95.3 Å². The van der Waals surface area contributed by atoms with E-state index < -0.39 is 0 Å². The number of esters is 1. The lowest BCUT2D eigenvalue weighted by Crippen LogP contribution is -2.17. The standard InChI is InChI=1S/C26H32N4O4S2/c1-4-30-21(15-34-19-13-10-9-11-17(19)3)28-29-26(30)35-16-22(31)27-24-23(25(32)33-5-2)18-12-7-6-8-14-20(18)36-24/h9-11,13H,4-8,12,14-16H2,1-3H3,(H,27,31). The summed E-state index contributed by atoms with van der Waals surface area (Å²) in [7, 11) is 0. The molecule has 0 bridgehead atoms. The van der Waals surface area contributed by atoms with Crippen LogP contribution in [0.1, 0.15) is 65.3 Å². The van der Waals surface area contributed by atoms with E-state index in [0.717, 1.165) is 49.0 Å². The van der Waals surface area contributed by atoms with Gasteiger partial charge in [0, 0.05) is 11.4 Å². The zero-order chi connectivity index (χ0) is 25.5. The Bertz CT molecular complexity index is 1220. The molecule has 0 spiro atoms. The van der Waals surface area contributed by atoms with Gasteiger partial charge in [-0.2, -0.15) is 0 Å². The first kappa shape index (κ1) is 26.2. The first-order valence-corrected chi connectivity index (χ1v) is 14.2. The van der Waals surface area contributed by atoms with Gasteiger partial charge in [0.1, 0.15) is 17.4 Å². The Morgan fingerprint density at radius 1 is 1.14 bits per heavy atom. The summed E-state index contributed by atoms with van der Waals surface area (Å²) < 4.78 is 13.2. The lowest BCUT2D eigenvalue weighted by atomic mass is 10.1. The fourth-order valence-corrected chi connectivity index (χ4v) is 6.37. The number of para-hydroxylation sites is 1. The van der Waals surface area contributed by atoms with E-state index in [0.29, 0.717) is 41.3 Å². The molecule has 1 aliphatic carbocycles. The molecule has 0 saturated carbocycles. The Morgan fingerprint density at radius 2 is 1.94 bits per heavy atom. The summed E-state index contributed by atoms with van der Waals surface area (Å²) in [6.45, 7) is 7.06. The maximum absolute atomic E-state index is 12.9. The molecule has 2 heterocycles. The number of fused-ring (bicyclic) bond motifs is 1. The van der Waals surface area contributed by atoms with Gasteiger partial charge in [-0.25, -0.2) is 4.79 Å². The maximum Gasteiger partial charge on any atom is 0.341 e. The molecule has 3 aromatic rings. The lowest BCUT2D eigenvalue weighted by molar-refractivity contribution is -0.113. The molecule has 2 aromatic heterocycles. The molecule has 0 atom stereocenters. The molecule has 0 saturated heterocycles. The molecule has 0 aliphatic heterocycles. The first-order valence-electron chi connectivity index (χ1n) is 12.4. The highest BCUT2D eigenvalue weighted by molar-refractivity contribution is 7.99. The Labute approximate surface area is 219 Å². The van der Waals surface area contributed by atoms with E-state index in [1.165, 1.54) is 28.0 Å². The van der Waals surface area contributed by atoms with Gasteiger partial charge in [0.2, 0.25) is 5.91 Å². The minimum absolute atomic E-state index is 0.154. The number of carbonyl (C=O) groups is 2. The van der Waals surface area contributed by atoms with E-state index in [4.69, 9.17) is 9.47 Å². The molecule has 10 heteroatoms. The van der Waals surface area contributed by atoms with Gasteiger partial charge in [0.25, 0.3) is 0 Å². The van der Waals surface area contributed by atoms with Gasteiger partial charge in [-0.3, -0.25) is 4.79 Å². The summed E-state index contributed by atoms with van der Waals surface area (Å²) in [5.74, 6) is 1.12. The van der Waals surface area contributed by atoms with Crippen LogP contribution in [0.4, 0.5) is 5.00 Å². The molecule has 8 nitrogen and oxygen atoms in total. The van der Waals surface area contributed by atoms with Crippen molar-refractivity contribution in [1.29, 1.82) is 0 Å². The van der Waals surface area contributed by atoms with Crippen LogP contribution in [0.15, 0.2) is 29.4 Å². The second-order valence-corrected chi connectivity index (χ2v) is 10.6. The molecular formula is C26H32N4O4S2. The molecule has 4 rings (SSSR count). The number of amides is 1. The van der Waals surface area contributed by atoms with E-state index in [2.05, 4.69) is 15.5 Å². The van der Waals surface area contributed by atoms with Crippen LogP contribution in [0.2, 0.25) is 0 Å². The van der Waals surface area contributed by atoms with E-state index in [1.807, 2.05) is 42.7 Å². The van der Waals surface area contributed by atoms with Crippen molar-refractivity contribution in [2.24, 2.45) is 0 Å². The minimum Gasteiger partial charge on any atom is -0.485 e. The highest BCUT2D eigenvalue weighted by Gasteiger charge is 2.26. The van der Waals surface area contributed by atoms with Crippen LogP contribution in [-0.2, 0) is 35.5 Å². The lowest BCUT2D eigenvalue weighted by Gasteiger charge is -2.10. The fourth-order valence-electron chi connectivity index (χ4n) is 4.25. The van der Waals surface area contributed by atoms with Crippen molar-refractivity contribution >= 4 is 40.0 Å². The SMILES string of the molecule is CCOC(=O)c1c(NC(=O)CSc2nnc(COc3ccccc3C)n2CC)sc2c1CCCCC2. The summed E-state index contributed by atoms with van der Waals surface area (Å²) in [6.07, 6.45) is 5.07. The van der Waals surface area contributed by atoms with Crippen molar-refractivity contribution in [3.63, 3.8) is 0 Å². The number of nitrogens with one attached hydrogen (secondary N) is 1. The van der Waals surface area contributed by atoms with Crippen molar-refractivity contribution in [1.82, 2.24) is 14.8 Å². The molecule has 0 unspecified atom stereocenters. The van der Waals surface area contributed by atoms with Gasteiger partial charge >= 0.3 is 5.97 Å². The number of aromatic nitrogens is 3. The van der Waals surface area contributed by atoms with Crippen molar-refractivity contribution in [2.45, 2.75) is 71.2 Å². The molecule has 1 aliphatic rings. The normalized spacial score (nSPS) is 13.1. The number of ether oxygens (including phenoxy) is 2. The highest BCUT2D eigenvalue weighted by Crippen LogP contribution is 2.38. The zero-order valence-electron chi connectivity index (χ0n) is 21.0. The van der Waals surface area contributed by atoms with Gasteiger partial charge in [-0.1, -0.05) is 36.4 Å². The van der Waals surface area contributed by atoms with E-state index >= 15 is 0 Å². The largest absolute Gasteiger partial charge is 0.485 e. The summed E-state index contributed by atoms with van der Waals surface area (Å²) >= 11 is 2.82. The van der Waals surface area contributed by atoms with Crippen molar-refractivity contribution in [3.8, 4) is 5.75 Å². The Hall–Kier alpha value is -2.85. The van der Waals surface area contributed by atoms with Gasteiger partial charge < -0.3 is 19.4 Å². The molecule has 0 fully saturated rings. The molecule has 0 radical (unpaired) electrons. The van der Waals surface area contributed by atoms with Gasteiger partial charge in [0.15, 0.2) is 11.0 Å². The molecule has 1 N–H and O–H groups in total. The van der Waals surface area contributed by atoms with Crippen molar-refractivity contribution in [3.05, 3.63) is 51.7 Å². The monoisotopic (exact) mass is 528 g/mol. The van der Waals surface area contributed by atoms with Crippen LogP contribution >= 0.6 is 23.1 Å². The fraction of sp³-hybridized carbons (Fsp3) is 0.462.